The molecule has 0 saturated carbocycles. The molecule has 0 heterocycles. The molecular formula is C13H19BrFN. The zero-order chi connectivity index (χ0) is 12.2. The minimum absolute atomic E-state index is 0.106. The minimum Gasteiger partial charge on any atom is -0.330 e. The van der Waals surface area contributed by atoms with Gasteiger partial charge in [0.05, 0.1) is 0 Å². The van der Waals surface area contributed by atoms with Crippen molar-refractivity contribution in [2.75, 3.05) is 6.54 Å². The lowest BCUT2D eigenvalue weighted by atomic mass is 9.80. The first kappa shape index (κ1) is 13.7. The molecular weight excluding hydrogens is 269 g/mol. The molecule has 0 aliphatic carbocycles. The van der Waals surface area contributed by atoms with Crippen LogP contribution in [0.2, 0.25) is 0 Å². The fraction of sp³-hybridized carbons (Fsp3) is 0.538. The lowest BCUT2D eigenvalue weighted by Crippen LogP contribution is -2.29. The number of nitrogens with two attached hydrogens (primary N) is 1. The molecule has 1 rings (SSSR count). The van der Waals surface area contributed by atoms with E-state index in [1.807, 2.05) is 6.07 Å². The second-order valence-electron chi connectivity index (χ2n) is 4.68. The summed E-state index contributed by atoms with van der Waals surface area (Å²) in [5.41, 5.74) is 7.07. The molecule has 1 nitrogen and oxygen atoms in total. The predicted octanol–water partition coefficient (Wildman–Crippen LogP) is 3.90. The Morgan fingerprint density at radius 1 is 1.44 bits per heavy atom. The maximum absolute atomic E-state index is 13.0. The van der Waals surface area contributed by atoms with Crippen molar-refractivity contribution in [3.05, 3.63) is 34.1 Å². The van der Waals surface area contributed by atoms with Gasteiger partial charge in [0.2, 0.25) is 0 Å². The van der Waals surface area contributed by atoms with Gasteiger partial charge in [0.25, 0.3) is 0 Å². The number of rotatable bonds is 5. The molecule has 0 aliphatic heterocycles. The van der Waals surface area contributed by atoms with Crippen LogP contribution in [0.1, 0.15) is 32.3 Å². The van der Waals surface area contributed by atoms with Crippen LogP contribution >= 0.6 is 15.9 Å². The van der Waals surface area contributed by atoms with Crippen LogP contribution in [0.4, 0.5) is 4.39 Å². The standard InChI is InChI=1S/C13H19BrFN/c1-3-6-13(2,9-16)8-10-4-5-11(15)7-12(10)14/h4-5,7H,3,6,8-9,16H2,1-2H3. The Morgan fingerprint density at radius 2 is 2.12 bits per heavy atom. The van der Waals surface area contributed by atoms with Gasteiger partial charge in [-0.15, -0.1) is 0 Å². The number of halogens is 2. The first-order valence-corrected chi connectivity index (χ1v) is 6.44. The molecule has 0 aromatic heterocycles. The summed E-state index contributed by atoms with van der Waals surface area (Å²) in [5.74, 6) is -0.208. The van der Waals surface area contributed by atoms with E-state index in [-0.39, 0.29) is 11.2 Å². The maximum Gasteiger partial charge on any atom is 0.124 e. The summed E-state index contributed by atoms with van der Waals surface area (Å²) in [5, 5.41) is 0. The van der Waals surface area contributed by atoms with Crippen LogP contribution in [-0.2, 0) is 6.42 Å². The summed E-state index contributed by atoms with van der Waals surface area (Å²) in [6, 6.07) is 4.85. The molecule has 0 aliphatic rings. The topological polar surface area (TPSA) is 26.0 Å². The second-order valence-corrected chi connectivity index (χ2v) is 5.53. The largest absolute Gasteiger partial charge is 0.330 e. The second kappa shape index (κ2) is 5.78. The Hall–Kier alpha value is -0.410. The summed E-state index contributed by atoms with van der Waals surface area (Å²) in [6.45, 7) is 5.00. The molecule has 0 fully saturated rings. The molecule has 2 N–H and O–H groups in total. The molecule has 0 saturated heterocycles. The third-order valence-electron chi connectivity index (χ3n) is 2.98. The summed E-state index contributed by atoms with van der Waals surface area (Å²) in [6.07, 6.45) is 3.10. The Labute approximate surface area is 105 Å². The lowest BCUT2D eigenvalue weighted by molar-refractivity contribution is 0.302. The molecule has 0 spiro atoms. The van der Waals surface area contributed by atoms with Crippen LogP contribution in [0.15, 0.2) is 22.7 Å². The monoisotopic (exact) mass is 287 g/mol. The van der Waals surface area contributed by atoms with Crippen LogP contribution in [0.5, 0.6) is 0 Å². The van der Waals surface area contributed by atoms with Crippen LogP contribution in [0.25, 0.3) is 0 Å². The molecule has 0 radical (unpaired) electrons. The van der Waals surface area contributed by atoms with Gasteiger partial charge in [-0.2, -0.15) is 0 Å². The van der Waals surface area contributed by atoms with Crippen molar-refractivity contribution in [1.82, 2.24) is 0 Å². The van der Waals surface area contributed by atoms with Gasteiger partial charge in [-0.25, -0.2) is 4.39 Å². The molecule has 1 aromatic rings. The number of hydrogen-bond donors (Lipinski definition) is 1. The van der Waals surface area contributed by atoms with Crippen molar-refractivity contribution in [3.8, 4) is 0 Å². The highest BCUT2D eigenvalue weighted by atomic mass is 79.9. The molecule has 1 unspecified atom stereocenters. The van der Waals surface area contributed by atoms with Gasteiger partial charge in [0.1, 0.15) is 5.82 Å². The van der Waals surface area contributed by atoms with Crippen LogP contribution in [0.3, 0.4) is 0 Å². The fourth-order valence-corrected chi connectivity index (χ4v) is 2.48. The van der Waals surface area contributed by atoms with E-state index in [1.165, 1.54) is 12.1 Å². The molecule has 16 heavy (non-hydrogen) atoms. The Kier molecular flexibility index (Phi) is 4.93. The van der Waals surface area contributed by atoms with Crippen LogP contribution in [0, 0.1) is 11.2 Å². The van der Waals surface area contributed by atoms with Crippen molar-refractivity contribution in [2.45, 2.75) is 33.1 Å². The molecule has 0 amide bonds. The van der Waals surface area contributed by atoms with E-state index in [9.17, 15) is 4.39 Å². The average Bonchev–Trinajstić information content (AvgIpc) is 2.23. The van der Waals surface area contributed by atoms with E-state index in [0.717, 1.165) is 29.3 Å². The lowest BCUT2D eigenvalue weighted by Gasteiger charge is -2.28. The highest BCUT2D eigenvalue weighted by Crippen LogP contribution is 2.30. The van der Waals surface area contributed by atoms with Gasteiger partial charge in [-0.3, -0.25) is 0 Å². The van der Waals surface area contributed by atoms with Crippen LogP contribution < -0.4 is 5.73 Å². The molecule has 1 atom stereocenters. The van der Waals surface area contributed by atoms with Gasteiger partial charge >= 0.3 is 0 Å². The van der Waals surface area contributed by atoms with E-state index in [0.29, 0.717) is 6.54 Å². The zero-order valence-electron chi connectivity index (χ0n) is 9.89. The van der Waals surface area contributed by atoms with E-state index < -0.39 is 0 Å². The third kappa shape index (κ3) is 3.56. The molecule has 3 heteroatoms. The van der Waals surface area contributed by atoms with Gasteiger partial charge in [0.15, 0.2) is 0 Å². The summed E-state index contributed by atoms with van der Waals surface area (Å²) >= 11 is 3.40. The zero-order valence-corrected chi connectivity index (χ0v) is 11.5. The van der Waals surface area contributed by atoms with Crippen molar-refractivity contribution in [2.24, 2.45) is 11.1 Å². The molecule has 1 aromatic carbocycles. The van der Waals surface area contributed by atoms with Crippen LogP contribution in [-0.4, -0.2) is 6.54 Å². The highest BCUT2D eigenvalue weighted by Gasteiger charge is 2.22. The van der Waals surface area contributed by atoms with Crippen molar-refractivity contribution in [3.63, 3.8) is 0 Å². The van der Waals surface area contributed by atoms with Crippen molar-refractivity contribution < 1.29 is 4.39 Å². The summed E-state index contributed by atoms with van der Waals surface area (Å²) in [7, 11) is 0. The fourth-order valence-electron chi connectivity index (χ4n) is 1.99. The third-order valence-corrected chi connectivity index (χ3v) is 3.72. The van der Waals surface area contributed by atoms with Crippen molar-refractivity contribution in [1.29, 1.82) is 0 Å². The Morgan fingerprint density at radius 3 is 2.62 bits per heavy atom. The number of benzene rings is 1. The first-order valence-electron chi connectivity index (χ1n) is 5.65. The minimum atomic E-state index is -0.208. The first-order chi connectivity index (χ1) is 7.50. The van der Waals surface area contributed by atoms with E-state index >= 15 is 0 Å². The Balaban J connectivity index is 2.85. The molecule has 0 bridgehead atoms. The van der Waals surface area contributed by atoms with Gasteiger partial charge < -0.3 is 5.73 Å². The maximum atomic E-state index is 13.0. The average molecular weight is 288 g/mol. The smallest absolute Gasteiger partial charge is 0.124 e. The Bertz CT molecular complexity index is 354. The summed E-state index contributed by atoms with van der Waals surface area (Å²) in [4.78, 5) is 0. The van der Waals surface area contributed by atoms with Gasteiger partial charge in [0, 0.05) is 4.47 Å². The highest BCUT2D eigenvalue weighted by molar-refractivity contribution is 9.10. The summed E-state index contributed by atoms with van der Waals surface area (Å²) < 4.78 is 13.8. The predicted molar refractivity (Wildman–Crippen MR) is 69.9 cm³/mol. The van der Waals surface area contributed by atoms with Gasteiger partial charge in [-0.1, -0.05) is 42.3 Å². The number of hydrogen-bond acceptors (Lipinski definition) is 1. The van der Waals surface area contributed by atoms with E-state index in [2.05, 4.69) is 29.8 Å². The molecule has 90 valence electrons. The van der Waals surface area contributed by atoms with Crippen molar-refractivity contribution >= 4 is 15.9 Å². The normalized spacial score (nSPS) is 14.8. The SMILES string of the molecule is CCCC(C)(CN)Cc1ccc(F)cc1Br. The van der Waals surface area contributed by atoms with E-state index in [1.54, 1.807) is 0 Å². The van der Waals surface area contributed by atoms with E-state index in [4.69, 9.17) is 5.73 Å². The quantitative estimate of drug-likeness (QED) is 0.873. The van der Waals surface area contributed by atoms with Gasteiger partial charge in [-0.05, 0) is 42.5 Å².